The standard InChI is InChI=1S/C15H22N2O2/c1-12(2)16-8-14-4-5-15(19-14)10-17(3)9-13-6-7-18-11-13/h4-7,11-12,16H,8-10H2,1-3H3. The van der Waals surface area contributed by atoms with Gasteiger partial charge in [0.15, 0.2) is 0 Å². The molecule has 0 bridgehead atoms. The third-order valence-electron chi connectivity index (χ3n) is 2.86. The molecule has 2 rings (SSSR count). The number of furan rings is 2. The molecule has 4 nitrogen and oxygen atoms in total. The van der Waals surface area contributed by atoms with Crippen molar-refractivity contribution in [2.75, 3.05) is 7.05 Å². The molecule has 2 aromatic heterocycles. The molecule has 0 spiro atoms. The van der Waals surface area contributed by atoms with Gasteiger partial charge in [0.25, 0.3) is 0 Å². The van der Waals surface area contributed by atoms with Crippen LogP contribution in [0.25, 0.3) is 0 Å². The van der Waals surface area contributed by atoms with E-state index < -0.39 is 0 Å². The van der Waals surface area contributed by atoms with Crippen LogP contribution in [0.5, 0.6) is 0 Å². The number of nitrogens with one attached hydrogen (secondary N) is 1. The van der Waals surface area contributed by atoms with Crippen molar-refractivity contribution in [2.24, 2.45) is 0 Å². The number of hydrogen-bond acceptors (Lipinski definition) is 4. The van der Waals surface area contributed by atoms with Crippen molar-refractivity contribution < 1.29 is 8.83 Å². The van der Waals surface area contributed by atoms with E-state index in [0.29, 0.717) is 6.04 Å². The lowest BCUT2D eigenvalue weighted by atomic mass is 10.3. The highest BCUT2D eigenvalue weighted by atomic mass is 16.3. The first-order valence-electron chi connectivity index (χ1n) is 6.64. The maximum absolute atomic E-state index is 5.80. The molecule has 0 aliphatic rings. The summed E-state index contributed by atoms with van der Waals surface area (Å²) in [5.74, 6) is 1.98. The second-order valence-corrected chi connectivity index (χ2v) is 5.21. The molecular formula is C15H22N2O2. The molecule has 1 N–H and O–H groups in total. The van der Waals surface area contributed by atoms with Gasteiger partial charge in [-0.1, -0.05) is 13.8 Å². The van der Waals surface area contributed by atoms with Crippen molar-refractivity contribution in [1.82, 2.24) is 10.2 Å². The van der Waals surface area contributed by atoms with Crippen LogP contribution in [0.1, 0.15) is 30.9 Å². The second kappa shape index (κ2) is 6.59. The zero-order chi connectivity index (χ0) is 13.7. The normalized spacial score (nSPS) is 11.6. The molecule has 0 aliphatic heterocycles. The van der Waals surface area contributed by atoms with Gasteiger partial charge in [-0.3, -0.25) is 4.90 Å². The fourth-order valence-corrected chi connectivity index (χ4v) is 1.92. The van der Waals surface area contributed by atoms with Gasteiger partial charge in [-0.2, -0.15) is 0 Å². The average Bonchev–Trinajstić information content (AvgIpc) is 2.98. The molecule has 0 aliphatic carbocycles. The van der Waals surface area contributed by atoms with Crippen molar-refractivity contribution in [3.8, 4) is 0 Å². The summed E-state index contributed by atoms with van der Waals surface area (Å²) in [7, 11) is 2.07. The first-order chi connectivity index (χ1) is 9.13. The van der Waals surface area contributed by atoms with Crippen LogP contribution in [0.15, 0.2) is 39.6 Å². The Morgan fingerprint density at radius 3 is 2.63 bits per heavy atom. The monoisotopic (exact) mass is 262 g/mol. The van der Waals surface area contributed by atoms with E-state index in [1.165, 1.54) is 5.56 Å². The summed E-state index contributed by atoms with van der Waals surface area (Å²) < 4.78 is 10.9. The highest BCUT2D eigenvalue weighted by molar-refractivity contribution is 5.08. The Bertz CT molecular complexity index is 474. The first-order valence-corrected chi connectivity index (χ1v) is 6.64. The summed E-state index contributed by atoms with van der Waals surface area (Å²) >= 11 is 0. The van der Waals surface area contributed by atoms with Gasteiger partial charge in [-0.05, 0) is 25.2 Å². The van der Waals surface area contributed by atoms with Crippen molar-refractivity contribution in [1.29, 1.82) is 0 Å². The molecule has 0 saturated carbocycles. The topological polar surface area (TPSA) is 41.5 Å². The third-order valence-corrected chi connectivity index (χ3v) is 2.86. The van der Waals surface area contributed by atoms with Gasteiger partial charge >= 0.3 is 0 Å². The molecule has 0 atom stereocenters. The molecule has 2 heterocycles. The van der Waals surface area contributed by atoms with Crippen LogP contribution in [-0.2, 0) is 19.6 Å². The second-order valence-electron chi connectivity index (χ2n) is 5.21. The Kier molecular flexibility index (Phi) is 4.82. The van der Waals surface area contributed by atoms with E-state index >= 15 is 0 Å². The summed E-state index contributed by atoms with van der Waals surface area (Å²) in [6, 6.07) is 6.54. The fraction of sp³-hybridized carbons (Fsp3) is 0.467. The Labute approximate surface area is 114 Å². The van der Waals surface area contributed by atoms with E-state index in [1.807, 2.05) is 18.2 Å². The van der Waals surface area contributed by atoms with Gasteiger partial charge in [-0.15, -0.1) is 0 Å². The Balaban J connectivity index is 1.82. The zero-order valence-corrected chi connectivity index (χ0v) is 11.8. The maximum atomic E-state index is 5.80. The Morgan fingerprint density at radius 1 is 1.16 bits per heavy atom. The van der Waals surface area contributed by atoms with Crippen LogP contribution in [0.4, 0.5) is 0 Å². The maximum Gasteiger partial charge on any atom is 0.118 e. The minimum atomic E-state index is 0.470. The van der Waals surface area contributed by atoms with Gasteiger partial charge in [-0.25, -0.2) is 0 Å². The first kappa shape index (κ1) is 13.9. The molecule has 0 unspecified atom stereocenters. The van der Waals surface area contributed by atoms with Gasteiger partial charge in [0.2, 0.25) is 0 Å². The van der Waals surface area contributed by atoms with E-state index in [0.717, 1.165) is 31.2 Å². The largest absolute Gasteiger partial charge is 0.472 e. The fourth-order valence-electron chi connectivity index (χ4n) is 1.92. The van der Waals surface area contributed by atoms with Crippen molar-refractivity contribution in [2.45, 2.75) is 39.5 Å². The van der Waals surface area contributed by atoms with Crippen LogP contribution < -0.4 is 5.32 Å². The van der Waals surface area contributed by atoms with Crippen LogP contribution in [-0.4, -0.2) is 18.0 Å². The van der Waals surface area contributed by atoms with Gasteiger partial charge in [0, 0.05) is 18.2 Å². The molecule has 0 radical (unpaired) electrons. The molecule has 0 saturated heterocycles. The Hall–Kier alpha value is -1.52. The van der Waals surface area contributed by atoms with Crippen LogP contribution in [0.2, 0.25) is 0 Å². The highest BCUT2D eigenvalue weighted by Gasteiger charge is 2.07. The summed E-state index contributed by atoms with van der Waals surface area (Å²) in [6.45, 7) is 6.69. The zero-order valence-electron chi connectivity index (χ0n) is 11.8. The van der Waals surface area contributed by atoms with Gasteiger partial charge < -0.3 is 14.2 Å². The highest BCUT2D eigenvalue weighted by Crippen LogP contribution is 2.12. The number of nitrogens with zero attached hydrogens (tertiary/aromatic N) is 1. The lowest BCUT2D eigenvalue weighted by Gasteiger charge is -2.13. The van der Waals surface area contributed by atoms with E-state index in [1.54, 1.807) is 12.5 Å². The molecule has 104 valence electrons. The predicted octanol–water partition coefficient (Wildman–Crippen LogP) is 3.00. The van der Waals surface area contributed by atoms with Crippen molar-refractivity contribution >= 4 is 0 Å². The smallest absolute Gasteiger partial charge is 0.118 e. The molecule has 0 aromatic carbocycles. The minimum absolute atomic E-state index is 0.470. The lowest BCUT2D eigenvalue weighted by Crippen LogP contribution is -2.21. The summed E-state index contributed by atoms with van der Waals surface area (Å²) in [6.07, 6.45) is 3.47. The van der Waals surface area contributed by atoms with Crippen LogP contribution in [0.3, 0.4) is 0 Å². The number of rotatable bonds is 7. The average molecular weight is 262 g/mol. The van der Waals surface area contributed by atoms with Crippen LogP contribution >= 0.6 is 0 Å². The van der Waals surface area contributed by atoms with Gasteiger partial charge in [0.05, 0.1) is 25.6 Å². The van der Waals surface area contributed by atoms with E-state index in [2.05, 4.69) is 31.1 Å². The predicted molar refractivity (Wildman–Crippen MR) is 74.6 cm³/mol. The molecule has 19 heavy (non-hydrogen) atoms. The minimum Gasteiger partial charge on any atom is -0.472 e. The third kappa shape index (κ3) is 4.58. The van der Waals surface area contributed by atoms with Crippen molar-refractivity contribution in [3.63, 3.8) is 0 Å². The number of hydrogen-bond donors (Lipinski definition) is 1. The Morgan fingerprint density at radius 2 is 1.95 bits per heavy atom. The molecule has 0 amide bonds. The summed E-state index contributed by atoms with van der Waals surface area (Å²) in [5, 5.41) is 3.35. The van der Waals surface area contributed by atoms with Gasteiger partial charge in [0.1, 0.15) is 11.5 Å². The quantitative estimate of drug-likeness (QED) is 0.833. The summed E-state index contributed by atoms with van der Waals surface area (Å²) in [5.41, 5.74) is 1.18. The SMILES string of the molecule is CC(C)NCc1ccc(CN(C)Cc2ccoc2)o1. The molecule has 4 heteroatoms. The summed E-state index contributed by atoms with van der Waals surface area (Å²) in [4.78, 5) is 2.20. The van der Waals surface area contributed by atoms with Crippen LogP contribution in [0, 0.1) is 0 Å². The molecule has 2 aromatic rings. The molecule has 0 fully saturated rings. The van der Waals surface area contributed by atoms with Crippen molar-refractivity contribution in [3.05, 3.63) is 47.8 Å². The lowest BCUT2D eigenvalue weighted by molar-refractivity contribution is 0.281. The van der Waals surface area contributed by atoms with E-state index in [-0.39, 0.29) is 0 Å². The van der Waals surface area contributed by atoms with E-state index in [9.17, 15) is 0 Å². The molecular weight excluding hydrogens is 240 g/mol. The van der Waals surface area contributed by atoms with E-state index in [4.69, 9.17) is 8.83 Å².